The number of anilines is 1. The number of carbonyl (C=O) groups is 1. The Hall–Kier alpha value is -4.00. The molecule has 3 aromatic rings. The number of aliphatic hydroxyl groups is 1. The standard InChI is InChI=1S/C26H25F5N4O4/c1-3-34-23(13-36)33-35(25(34)38)21-12-22(39-14(2)26(29,30)31)18(11-20(21)28)19(27)10-15-5-4-6-17(9-15)32-24(37)16-7-8-16/h4-6,9-12,14,16,36H,3,7-8,13H2,1-2H3,(H,32,37)/b19-10-/t14-/m0/s1. The molecule has 39 heavy (non-hydrogen) atoms. The van der Waals surface area contributed by atoms with Crippen molar-refractivity contribution in [2.75, 3.05) is 5.32 Å². The number of hydrogen-bond donors (Lipinski definition) is 2. The monoisotopic (exact) mass is 552 g/mol. The normalized spacial score (nSPS) is 14.8. The molecule has 0 bridgehead atoms. The van der Waals surface area contributed by atoms with Gasteiger partial charge in [0, 0.05) is 24.2 Å². The Kier molecular flexibility index (Phi) is 7.91. The maximum Gasteiger partial charge on any atom is 0.425 e. The predicted octanol–water partition coefficient (Wildman–Crippen LogP) is 4.83. The average molecular weight is 553 g/mol. The molecule has 8 nitrogen and oxygen atoms in total. The highest BCUT2D eigenvalue weighted by Gasteiger charge is 2.39. The van der Waals surface area contributed by atoms with Crippen molar-refractivity contribution in [2.24, 2.45) is 5.92 Å². The summed E-state index contributed by atoms with van der Waals surface area (Å²) in [5, 5.41) is 16.0. The second kappa shape index (κ2) is 11.0. The van der Waals surface area contributed by atoms with Crippen LogP contribution in [-0.4, -0.2) is 37.6 Å². The summed E-state index contributed by atoms with van der Waals surface area (Å²) in [6, 6.07) is 7.44. The van der Waals surface area contributed by atoms with Gasteiger partial charge in [0.05, 0.1) is 5.56 Å². The molecule has 2 N–H and O–H groups in total. The van der Waals surface area contributed by atoms with Gasteiger partial charge in [-0.2, -0.15) is 17.9 Å². The molecule has 0 aliphatic heterocycles. The topological polar surface area (TPSA) is 98.4 Å². The number of hydrogen-bond acceptors (Lipinski definition) is 5. The van der Waals surface area contributed by atoms with E-state index in [1.807, 2.05) is 0 Å². The van der Waals surface area contributed by atoms with E-state index in [0.29, 0.717) is 23.4 Å². The van der Waals surface area contributed by atoms with E-state index in [1.54, 1.807) is 19.1 Å². The van der Waals surface area contributed by atoms with Gasteiger partial charge in [-0.15, -0.1) is 5.10 Å². The quantitative estimate of drug-likeness (QED) is 0.293. The number of nitrogens with one attached hydrogen (secondary N) is 1. The number of ether oxygens (including phenoxy) is 1. The van der Waals surface area contributed by atoms with Crippen molar-refractivity contribution in [3.05, 3.63) is 69.7 Å². The maximum atomic E-state index is 15.5. The molecular formula is C26H25F5N4O4. The molecule has 208 valence electrons. The molecule has 0 saturated heterocycles. The van der Waals surface area contributed by atoms with Crippen LogP contribution in [0.15, 0.2) is 41.2 Å². The second-order valence-electron chi connectivity index (χ2n) is 9.00. The highest BCUT2D eigenvalue weighted by atomic mass is 19.4. The van der Waals surface area contributed by atoms with Crippen LogP contribution in [0, 0.1) is 11.7 Å². The molecule has 1 amide bonds. The lowest BCUT2D eigenvalue weighted by Crippen LogP contribution is -2.31. The Balaban J connectivity index is 1.77. The van der Waals surface area contributed by atoms with Gasteiger partial charge in [-0.1, -0.05) is 12.1 Å². The fraction of sp³-hybridized carbons (Fsp3) is 0.346. The van der Waals surface area contributed by atoms with Gasteiger partial charge < -0.3 is 15.2 Å². The number of aromatic nitrogens is 3. The minimum Gasteiger partial charge on any atom is -0.480 e. The van der Waals surface area contributed by atoms with Gasteiger partial charge in [0.2, 0.25) is 5.91 Å². The van der Waals surface area contributed by atoms with Crippen molar-refractivity contribution in [2.45, 2.75) is 52.1 Å². The molecule has 0 spiro atoms. The Morgan fingerprint density at radius 2 is 2.00 bits per heavy atom. The molecule has 1 fully saturated rings. The number of benzene rings is 2. The molecule has 1 atom stereocenters. The molecular weight excluding hydrogens is 527 g/mol. The number of carbonyl (C=O) groups excluding carboxylic acids is 1. The third-order valence-corrected chi connectivity index (χ3v) is 6.09. The number of halogens is 5. The van der Waals surface area contributed by atoms with E-state index >= 15 is 8.78 Å². The minimum atomic E-state index is -4.83. The van der Waals surface area contributed by atoms with Crippen molar-refractivity contribution >= 4 is 23.5 Å². The van der Waals surface area contributed by atoms with Crippen LogP contribution >= 0.6 is 0 Å². The van der Waals surface area contributed by atoms with Gasteiger partial charge in [0.1, 0.15) is 29.7 Å². The van der Waals surface area contributed by atoms with E-state index in [2.05, 4.69) is 10.4 Å². The zero-order valence-corrected chi connectivity index (χ0v) is 20.9. The Morgan fingerprint density at radius 1 is 1.28 bits per heavy atom. The molecule has 1 heterocycles. The van der Waals surface area contributed by atoms with Crippen LogP contribution in [0.2, 0.25) is 0 Å². The Labute approximate surface area is 219 Å². The molecule has 0 radical (unpaired) electrons. The lowest BCUT2D eigenvalue weighted by molar-refractivity contribution is -0.189. The number of nitrogens with zero attached hydrogens (tertiary/aromatic N) is 3. The second-order valence-corrected chi connectivity index (χ2v) is 9.00. The van der Waals surface area contributed by atoms with Gasteiger partial charge in [-0.05, 0) is 56.5 Å². The summed E-state index contributed by atoms with van der Waals surface area (Å²) >= 11 is 0. The first-order chi connectivity index (χ1) is 18.4. The van der Waals surface area contributed by atoms with Crippen LogP contribution in [0.1, 0.15) is 43.6 Å². The van der Waals surface area contributed by atoms with Crippen LogP contribution in [0.3, 0.4) is 0 Å². The first-order valence-electron chi connectivity index (χ1n) is 12.1. The molecule has 1 aromatic heterocycles. The van der Waals surface area contributed by atoms with Crippen molar-refractivity contribution < 1.29 is 36.6 Å². The van der Waals surface area contributed by atoms with Gasteiger partial charge >= 0.3 is 11.9 Å². The molecule has 1 saturated carbocycles. The van der Waals surface area contributed by atoms with E-state index in [9.17, 15) is 27.9 Å². The number of alkyl halides is 3. The molecule has 13 heteroatoms. The lowest BCUT2D eigenvalue weighted by Gasteiger charge is -2.20. The first kappa shape index (κ1) is 28.0. The Bertz CT molecular complexity index is 1470. The third-order valence-electron chi connectivity index (χ3n) is 6.09. The largest absolute Gasteiger partial charge is 0.480 e. The van der Waals surface area contributed by atoms with Crippen molar-refractivity contribution in [1.82, 2.24) is 14.3 Å². The van der Waals surface area contributed by atoms with Crippen molar-refractivity contribution in [3.63, 3.8) is 0 Å². The summed E-state index contributed by atoms with van der Waals surface area (Å²) in [6.45, 7) is 1.71. The van der Waals surface area contributed by atoms with E-state index in [1.165, 1.54) is 12.1 Å². The average Bonchev–Trinajstić information content (AvgIpc) is 3.68. The summed E-state index contributed by atoms with van der Waals surface area (Å²) in [7, 11) is 0. The van der Waals surface area contributed by atoms with Crippen LogP contribution < -0.4 is 15.7 Å². The van der Waals surface area contributed by atoms with Crippen LogP contribution in [0.5, 0.6) is 5.75 Å². The predicted molar refractivity (Wildman–Crippen MR) is 132 cm³/mol. The van der Waals surface area contributed by atoms with Gasteiger partial charge in [0.25, 0.3) is 0 Å². The SMILES string of the molecule is CCn1c(CO)nn(-c2cc(O[C@@H](C)C(F)(F)F)c(/C(F)=C/c3cccc(NC(=O)C4CC4)c3)cc2F)c1=O. The molecule has 1 aliphatic rings. The summed E-state index contributed by atoms with van der Waals surface area (Å²) in [5.74, 6) is -3.32. The van der Waals surface area contributed by atoms with Crippen molar-refractivity contribution in [3.8, 4) is 11.4 Å². The maximum absolute atomic E-state index is 15.5. The fourth-order valence-corrected chi connectivity index (χ4v) is 3.80. The van der Waals surface area contributed by atoms with Crippen LogP contribution in [0.25, 0.3) is 17.6 Å². The van der Waals surface area contributed by atoms with Crippen molar-refractivity contribution in [1.29, 1.82) is 0 Å². The van der Waals surface area contributed by atoms with Gasteiger partial charge in [-0.25, -0.2) is 13.6 Å². The summed E-state index contributed by atoms with van der Waals surface area (Å²) in [4.78, 5) is 24.7. The zero-order valence-electron chi connectivity index (χ0n) is 20.9. The Morgan fingerprint density at radius 3 is 2.59 bits per heavy atom. The van der Waals surface area contributed by atoms with Crippen LogP contribution in [0.4, 0.5) is 27.6 Å². The number of rotatable bonds is 9. The fourth-order valence-electron chi connectivity index (χ4n) is 3.80. The zero-order chi connectivity index (χ0) is 28.5. The molecule has 2 aromatic carbocycles. The molecule has 0 unspecified atom stereocenters. The van der Waals surface area contributed by atoms with Crippen LogP contribution in [-0.2, 0) is 17.9 Å². The van der Waals surface area contributed by atoms with Gasteiger partial charge in [0.15, 0.2) is 11.9 Å². The van der Waals surface area contributed by atoms with E-state index in [-0.39, 0.29) is 29.8 Å². The highest BCUT2D eigenvalue weighted by Crippen LogP contribution is 2.36. The van der Waals surface area contributed by atoms with E-state index < -0.39 is 53.2 Å². The minimum absolute atomic E-state index is 0.0672. The first-order valence-corrected chi connectivity index (χ1v) is 12.1. The summed E-state index contributed by atoms with van der Waals surface area (Å²) < 4.78 is 77.2. The third kappa shape index (κ3) is 6.19. The van der Waals surface area contributed by atoms with E-state index in [4.69, 9.17) is 4.74 Å². The molecule has 1 aliphatic carbocycles. The lowest BCUT2D eigenvalue weighted by atomic mass is 10.1. The summed E-state index contributed by atoms with van der Waals surface area (Å²) in [6.07, 6.45) is -4.71. The van der Waals surface area contributed by atoms with E-state index in [0.717, 1.165) is 29.6 Å². The summed E-state index contributed by atoms with van der Waals surface area (Å²) in [5.41, 5.74) is -1.45. The number of amides is 1. The molecule has 4 rings (SSSR count). The smallest absolute Gasteiger partial charge is 0.425 e. The highest BCUT2D eigenvalue weighted by molar-refractivity contribution is 5.94. The van der Waals surface area contributed by atoms with Gasteiger partial charge in [-0.3, -0.25) is 9.36 Å². The number of aliphatic hydroxyl groups excluding tert-OH is 1.